The molecule has 0 N–H and O–H groups in total. The van der Waals surface area contributed by atoms with Gasteiger partial charge in [0.05, 0.1) is 0 Å². The van der Waals surface area contributed by atoms with Gasteiger partial charge in [-0.05, 0) is 45.4 Å². The van der Waals surface area contributed by atoms with Crippen molar-refractivity contribution in [3.05, 3.63) is 0 Å². The van der Waals surface area contributed by atoms with Gasteiger partial charge in [-0.1, -0.05) is 20.8 Å². The van der Waals surface area contributed by atoms with Crippen LogP contribution in [0.1, 0.15) is 60.8 Å². The number of carbonyl (C=O) groups excluding carboxylic acids is 1. The van der Waals surface area contributed by atoms with Gasteiger partial charge in [-0.25, -0.2) is 4.39 Å². The van der Waals surface area contributed by atoms with E-state index in [9.17, 15) is 9.18 Å². The Balaban J connectivity index is 4.16. The third kappa shape index (κ3) is 6.64. The van der Waals surface area contributed by atoms with Crippen molar-refractivity contribution < 1.29 is 9.18 Å². The summed E-state index contributed by atoms with van der Waals surface area (Å²) in [7, 11) is 1.67. The number of hydrogen-bond acceptors (Lipinski definition) is 1. The van der Waals surface area contributed by atoms with E-state index >= 15 is 0 Å². The van der Waals surface area contributed by atoms with Crippen molar-refractivity contribution in [2.75, 3.05) is 7.05 Å². The number of alkyl halides is 1. The van der Waals surface area contributed by atoms with Crippen LogP contribution in [0.3, 0.4) is 0 Å². The van der Waals surface area contributed by atoms with Crippen LogP contribution in [0.5, 0.6) is 0 Å². The number of halogens is 1. The Morgan fingerprint density at radius 2 is 1.65 bits per heavy atom. The third-order valence-corrected chi connectivity index (χ3v) is 2.99. The molecular formula is C14H28FNO. The molecule has 0 fully saturated rings. The fraction of sp³-hybridized carbons (Fsp3) is 0.929. The van der Waals surface area contributed by atoms with Gasteiger partial charge in [0, 0.05) is 12.6 Å². The molecule has 102 valence electrons. The summed E-state index contributed by atoms with van der Waals surface area (Å²) in [6, 6.07) is 0. The second-order valence-corrected chi connectivity index (χ2v) is 6.99. The van der Waals surface area contributed by atoms with Crippen molar-refractivity contribution in [1.29, 1.82) is 0 Å². The highest BCUT2D eigenvalue weighted by Crippen LogP contribution is 2.23. The number of carbonyl (C=O) groups is 1. The zero-order chi connectivity index (χ0) is 13.9. The Bertz CT molecular complexity index is 250. The maximum Gasteiger partial charge on any atom is 0.257 e. The quantitative estimate of drug-likeness (QED) is 0.737. The maximum absolute atomic E-state index is 13.8. The van der Waals surface area contributed by atoms with E-state index in [4.69, 9.17) is 0 Å². The summed E-state index contributed by atoms with van der Waals surface area (Å²) in [5.74, 6) is -0.397. The molecule has 0 rings (SSSR count). The fourth-order valence-corrected chi connectivity index (χ4v) is 1.48. The molecule has 0 aliphatic heterocycles. The van der Waals surface area contributed by atoms with E-state index in [1.807, 2.05) is 20.8 Å². The van der Waals surface area contributed by atoms with Gasteiger partial charge in [0.25, 0.3) is 5.91 Å². The predicted molar refractivity (Wildman–Crippen MR) is 70.7 cm³/mol. The minimum atomic E-state index is -1.36. The van der Waals surface area contributed by atoms with Crippen LogP contribution in [0.4, 0.5) is 4.39 Å². The maximum atomic E-state index is 13.8. The summed E-state index contributed by atoms with van der Waals surface area (Å²) in [5.41, 5.74) is -0.107. The minimum absolute atomic E-state index is 0.207. The Morgan fingerprint density at radius 3 is 2.00 bits per heavy atom. The first-order chi connectivity index (χ1) is 7.45. The second kappa shape index (κ2) is 5.83. The first-order valence-electron chi connectivity index (χ1n) is 6.37. The van der Waals surface area contributed by atoms with Crippen molar-refractivity contribution in [3.8, 4) is 0 Å². The number of rotatable bonds is 4. The molecule has 1 atom stereocenters. The molecule has 0 saturated carbocycles. The van der Waals surface area contributed by atoms with Gasteiger partial charge in [0.1, 0.15) is 0 Å². The van der Waals surface area contributed by atoms with Crippen molar-refractivity contribution in [3.63, 3.8) is 0 Å². The second-order valence-electron chi connectivity index (χ2n) is 6.99. The van der Waals surface area contributed by atoms with Gasteiger partial charge >= 0.3 is 0 Å². The molecule has 2 nitrogen and oxygen atoms in total. The molecule has 1 amide bonds. The van der Waals surface area contributed by atoms with E-state index in [1.165, 1.54) is 4.90 Å². The Labute approximate surface area is 106 Å². The molecule has 3 heteroatoms. The van der Waals surface area contributed by atoms with Gasteiger partial charge in [-0.2, -0.15) is 0 Å². The average Bonchev–Trinajstić information content (AvgIpc) is 2.11. The zero-order valence-electron chi connectivity index (χ0n) is 12.4. The van der Waals surface area contributed by atoms with Gasteiger partial charge in [0.2, 0.25) is 0 Å². The lowest BCUT2D eigenvalue weighted by Crippen LogP contribution is -2.46. The first-order valence-corrected chi connectivity index (χ1v) is 6.37. The van der Waals surface area contributed by atoms with Crippen LogP contribution in [0.2, 0.25) is 0 Å². The topological polar surface area (TPSA) is 20.3 Å². The summed E-state index contributed by atoms with van der Waals surface area (Å²) in [4.78, 5) is 13.3. The monoisotopic (exact) mass is 245 g/mol. The van der Waals surface area contributed by atoms with E-state index < -0.39 is 12.1 Å². The van der Waals surface area contributed by atoms with Gasteiger partial charge in [-0.15, -0.1) is 0 Å². The van der Waals surface area contributed by atoms with Crippen LogP contribution >= 0.6 is 0 Å². The van der Waals surface area contributed by atoms with Crippen LogP contribution in [0.15, 0.2) is 0 Å². The van der Waals surface area contributed by atoms with Crippen LogP contribution in [-0.2, 0) is 4.79 Å². The molecule has 0 heterocycles. The molecule has 0 unspecified atom stereocenters. The zero-order valence-corrected chi connectivity index (χ0v) is 12.4. The summed E-state index contributed by atoms with van der Waals surface area (Å²) in [6.45, 7) is 12.1. The average molecular weight is 245 g/mol. The van der Waals surface area contributed by atoms with Crippen LogP contribution in [0, 0.1) is 5.41 Å². The normalized spacial score (nSPS) is 14.6. The summed E-state index contributed by atoms with van der Waals surface area (Å²) >= 11 is 0. The van der Waals surface area contributed by atoms with Crippen molar-refractivity contribution >= 4 is 5.91 Å². The lowest BCUT2D eigenvalue weighted by atomic mass is 9.89. The molecular weight excluding hydrogens is 217 g/mol. The number of nitrogens with zero attached hydrogens (tertiary/aromatic N) is 1. The van der Waals surface area contributed by atoms with Crippen molar-refractivity contribution in [2.45, 2.75) is 72.5 Å². The van der Waals surface area contributed by atoms with Crippen molar-refractivity contribution in [1.82, 2.24) is 4.90 Å². The fourth-order valence-electron chi connectivity index (χ4n) is 1.48. The predicted octanol–water partition coefficient (Wildman–Crippen LogP) is 3.80. The Kier molecular flexibility index (Phi) is 5.63. The van der Waals surface area contributed by atoms with E-state index in [2.05, 4.69) is 20.8 Å². The molecule has 0 aliphatic rings. The molecule has 0 aromatic rings. The van der Waals surface area contributed by atoms with Crippen LogP contribution in [0.25, 0.3) is 0 Å². The highest BCUT2D eigenvalue weighted by atomic mass is 19.1. The smallest absolute Gasteiger partial charge is 0.257 e. The summed E-state index contributed by atoms with van der Waals surface area (Å²) in [5, 5.41) is 0. The lowest BCUT2D eigenvalue weighted by molar-refractivity contribution is -0.139. The van der Waals surface area contributed by atoms with E-state index in [1.54, 1.807) is 7.05 Å². The van der Waals surface area contributed by atoms with E-state index in [0.29, 0.717) is 6.42 Å². The van der Waals surface area contributed by atoms with Crippen molar-refractivity contribution in [2.24, 2.45) is 5.41 Å². The minimum Gasteiger partial charge on any atom is -0.338 e. The molecule has 0 radical (unpaired) electrons. The molecule has 0 spiro atoms. The standard InChI is InChI=1S/C14H28FNO/c1-13(2,3)10-8-9-11(15)12(17)16(7)14(4,5)6/h11H,8-10H2,1-7H3/t11-/m0/s1. The Morgan fingerprint density at radius 1 is 1.18 bits per heavy atom. The van der Waals surface area contributed by atoms with Gasteiger partial charge in [0.15, 0.2) is 6.17 Å². The number of amides is 1. The highest BCUT2D eigenvalue weighted by molar-refractivity contribution is 5.81. The first kappa shape index (κ1) is 16.4. The van der Waals surface area contributed by atoms with E-state index in [-0.39, 0.29) is 11.0 Å². The molecule has 0 saturated heterocycles. The largest absolute Gasteiger partial charge is 0.338 e. The number of hydrogen-bond donors (Lipinski definition) is 0. The summed E-state index contributed by atoms with van der Waals surface area (Å²) in [6.07, 6.45) is 0.673. The lowest BCUT2D eigenvalue weighted by Gasteiger charge is -2.33. The molecule has 0 aromatic carbocycles. The molecule has 17 heavy (non-hydrogen) atoms. The molecule has 0 bridgehead atoms. The van der Waals surface area contributed by atoms with Gasteiger partial charge < -0.3 is 4.90 Å². The summed E-state index contributed by atoms with van der Waals surface area (Å²) < 4.78 is 13.8. The Hall–Kier alpha value is -0.600. The molecule has 0 aliphatic carbocycles. The van der Waals surface area contributed by atoms with E-state index in [0.717, 1.165) is 12.8 Å². The van der Waals surface area contributed by atoms with Crippen LogP contribution < -0.4 is 0 Å². The molecule has 0 aromatic heterocycles. The SMILES string of the molecule is CN(C(=O)[C@@H](F)CCCC(C)(C)C)C(C)(C)C. The third-order valence-electron chi connectivity index (χ3n) is 2.99. The highest BCUT2D eigenvalue weighted by Gasteiger charge is 2.28. The van der Waals surface area contributed by atoms with Crippen LogP contribution in [-0.4, -0.2) is 29.6 Å². The van der Waals surface area contributed by atoms with Gasteiger partial charge in [-0.3, -0.25) is 4.79 Å².